The van der Waals surface area contributed by atoms with Crippen LogP contribution in [0.3, 0.4) is 0 Å². The Morgan fingerprint density at radius 3 is 2.50 bits per heavy atom. The van der Waals surface area contributed by atoms with Crippen LogP contribution in [0.15, 0.2) is 30.3 Å². The predicted molar refractivity (Wildman–Crippen MR) is 75.2 cm³/mol. The Bertz CT molecular complexity index is 589. The Kier molecular flexibility index (Phi) is 3.85. The highest BCUT2D eigenvalue weighted by Gasteiger charge is 2.35. The molecule has 0 bridgehead atoms. The molecule has 0 radical (unpaired) electrons. The molecule has 0 aliphatic rings. The van der Waals surface area contributed by atoms with Crippen LogP contribution in [-0.2, 0) is 22.2 Å². The molecular formula is C14H18N4O2. The molecule has 0 fully saturated rings. The van der Waals surface area contributed by atoms with Crippen molar-refractivity contribution in [2.75, 3.05) is 12.4 Å². The SMILES string of the molecule is CO[C@@](C)(C(=O)Nc1nc(C)n(C)n1)c1ccccc1. The molecule has 2 aromatic rings. The summed E-state index contributed by atoms with van der Waals surface area (Å²) < 4.78 is 7.02. The minimum atomic E-state index is -1.09. The van der Waals surface area contributed by atoms with E-state index in [1.54, 1.807) is 18.7 Å². The van der Waals surface area contributed by atoms with E-state index in [0.717, 1.165) is 11.4 Å². The lowest BCUT2D eigenvalue weighted by Crippen LogP contribution is -2.39. The minimum Gasteiger partial charge on any atom is -0.364 e. The highest BCUT2D eigenvalue weighted by Crippen LogP contribution is 2.25. The van der Waals surface area contributed by atoms with Gasteiger partial charge in [0.15, 0.2) is 5.60 Å². The van der Waals surface area contributed by atoms with Gasteiger partial charge in [0.25, 0.3) is 5.91 Å². The van der Waals surface area contributed by atoms with Crippen molar-refractivity contribution in [3.8, 4) is 0 Å². The Morgan fingerprint density at radius 2 is 2.00 bits per heavy atom. The maximum atomic E-state index is 12.5. The molecule has 0 saturated carbocycles. The summed E-state index contributed by atoms with van der Waals surface area (Å²) in [4.78, 5) is 16.6. The van der Waals surface area contributed by atoms with Gasteiger partial charge in [-0.2, -0.15) is 4.98 Å². The van der Waals surface area contributed by atoms with Gasteiger partial charge in [-0.25, -0.2) is 0 Å². The maximum Gasteiger partial charge on any atom is 0.263 e. The summed E-state index contributed by atoms with van der Waals surface area (Å²) in [5, 5.41) is 6.80. The Hall–Kier alpha value is -2.21. The van der Waals surface area contributed by atoms with Crippen molar-refractivity contribution in [2.45, 2.75) is 19.4 Å². The number of nitrogens with one attached hydrogen (secondary N) is 1. The number of rotatable bonds is 4. The van der Waals surface area contributed by atoms with Crippen LogP contribution in [0.1, 0.15) is 18.3 Å². The average molecular weight is 274 g/mol. The summed E-state index contributed by atoms with van der Waals surface area (Å²) >= 11 is 0. The van der Waals surface area contributed by atoms with Gasteiger partial charge in [0.2, 0.25) is 5.95 Å². The van der Waals surface area contributed by atoms with E-state index in [0.29, 0.717) is 0 Å². The van der Waals surface area contributed by atoms with Crippen LogP contribution in [0.5, 0.6) is 0 Å². The molecule has 1 amide bonds. The van der Waals surface area contributed by atoms with Crippen molar-refractivity contribution in [3.63, 3.8) is 0 Å². The first-order chi connectivity index (χ1) is 9.47. The predicted octanol–water partition coefficient (Wildman–Crippen LogP) is 1.62. The van der Waals surface area contributed by atoms with Gasteiger partial charge in [0.1, 0.15) is 5.82 Å². The maximum absolute atomic E-state index is 12.5. The van der Waals surface area contributed by atoms with Crippen LogP contribution in [0.2, 0.25) is 0 Å². The summed E-state index contributed by atoms with van der Waals surface area (Å²) in [7, 11) is 3.27. The van der Waals surface area contributed by atoms with Crippen LogP contribution >= 0.6 is 0 Å². The van der Waals surface area contributed by atoms with Crippen LogP contribution in [-0.4, -0.2) is 27.8 Å². The molecule has 0 unspecified atom stereocenters. The largest absolute Gasteiger partial charge is 0.364 e. The number of aryl methyl sites for hydroxylation is 2. The number of methoxy groups -OCH3 is 1. The summed E-state index contributed by atoms with van der Waals surface area (Å²) in [6.07, 6.45) is 0. The lowest BCUT2D eigenvalue weighted by atomic mass is 9.95. The quantitative estimate of drug-likeness (QED) is 0.920. The number of aromatic nitrogens is 3. The number of nitrogens with zero attached hydrogens (tertiary/aromatic N) is 3. The molecule has 6 nitrogen and oxygen atoms in total. The van der Waals surface area contributed by atoms with Gasteiger partial charge in [-0.3, -0.25) is 14.8 Å². The number of anilines is 1. The second kappa shape index (κ2) is 5.42. The molecule has 1 N–H and O–H groups in total. The monoisotopic (exact) mass is 274 g/mol. The normalized spacial score (nSPS) is 13.8. The van der Waals surface area contributed by atoms with Gasteiger partial charge in [-0.1, -0.05) is 30.3 Å². The molecule has 20 heavy (non-hydrogen) atoms. The summed E-state index contributed by atoms with van der Waals surface area (Å²) in [5.41, 5.74) is -0.318. The summed E-state index contributed by atoms with van der Waals surface area (Å²) in [6.45, 7) is 3.53. The molecule has 106 valence electrons. The van der Waals surface area contributed by atoms with Crippen molar-refractivity contribution in [3.05, 3.63) is 41.7 Å². The van der Waals surface area contributed by atoms with E-state index in [4.69, 9.17) is 4.74 Å². The van der Waals surface area contributed by atoms with Crippen molar-refractivity contribution < 1.29 is 9.53 Å². The first-order valence-electron chi connectivity index (χ1n) is 6.27. The Morgan fingerprint density at radius 1 is 1.35 bits per heavy atom. The van der Waals surface area contributed by atoms with E-state index in [9.17, 15) is 4.79 Å². The van der Waals surface area contributed by atoms with E-state index in [2.05, 4.69) is 15.4 Å². The molecule has 0 spiro atoms. The summed E-state index contributed by atoms with van der Waals surface area (Å²) in [6, 6.07) is 9.31. The van der Waals surface area contributed by atoms with Crippen molar-refractivity contribution in [1.82, 2.24) is 14.8 Å². The van der Waals surface area contributed by atoms with Gasteiger partial charge in [-0.15, -0.1) is 5.10 Å². The molecule has 2 rings (SSSR count). The van der Waals surface area contributed by atoms with Gasteiger partial charge >= 0.3 is 0 Å². The molecule has 0 aliphatic heterocycles. The van der Waals surface area contributed by atoms with Gasteiger partial charge in [-0.05, 0) is 19.4 Å². The zero-order valence-corrected chi connectivity index (χ0v) is 12.0. The van der Waals surface area contributed by atoms with E-state index in [1.807, 2.05) is 37.3 Å². The zero-order valence-electron chi connectivity index (χ0n) is 12.0. The fourth-order valence-corrected chi connectivity index (χ4v) is 1.83. The van der Waals surface area contributed by atoms with Crippen molar-refractivity contribution in [2.24, 2.45) is 7.05 Å². The molecule has 1 atom stereocenters. The molecule has 6 heteroatoms. The van der Waals surface area contributed by atoms with Crippen molar-refractivity contribution >= 4 is 11.9 Å². The average Bonchev–Trinajstić information content (AvgIpc) is 2.77. The van der Waals surface area contributed by atoms with Gasteiger partial charge in [0.05, 0.1) is 0 Å². The number of amides is 1. The van der Waals surface area contributed by atoms with E-state index in [-0.39, 0.29) is 11.9 Å². The molecule has 0 saturated heterocycles. The topological polar surface area (TPSA) is 69.0 Å². The van der Waals surface area contributed by atoms with E-state index in [1.165, 1.54) is 7.11 Å². The molecule has 1 heterocycles. The lowest BCUT2D eigenvalue weighted by Gasteiger charge is -2.26. The second-order valence-electron chi connectivity index (χ2n) is 4.66. The minimum absolute atomic E-state index is 0.272. The number of hydrogen-bond acceptors (Lipinski definition) is 4. The van der Waals surface area contributed by atoms with Crippen LogP contribution in [0, 0.1) is 6.92 Å². The first-order valence-corrected chi connectivity index (χ1v) is 6.27. The number of benzene rings is 1. The number of carbonyl (C=O) groups is 1. The van der Waals surface area contributed by atoms with Crippen LogP contribution in [0.4, 0.5) is 5.95 Å². The van der Waals surface area contributed by atoms with Crippen LogP contribution in [0.25, 0.3) is 0 Å². The fraction of sp³-hybridized carbons (Fsp3) is 0.357. The third-order valence-corrected chi connectivity index (χ3v) is 3.37. The van der Waals surface area contributed by atoms with E-state index < -0.39 is 5.60 Å². The number of hydrogen-bond donors (Lipinski definition) is 1. The molecular weight excluding hydrogens is 256 g/mol. The van der Waals surface area contributed by atoms with Gasteiger partial charge in [0, 0.05) is 14.2 Å². The first kappa shape index (κ1) is 14.2. The highest BCUT2D eigenvalue weighted by molar-refractivity contribution is 5.96. The van der Waals surface area contributed by atoms with Crippen LogP contribution < -0.4 is 5.32 Å². The summed E-state index contributed by atoms with van der Waals surface area (Å²) in [5.74, 6) is 0.685. The van der Waals surface area contributed by atoms with E-state index >= 15 is 0 Å². The third kappa shape index (κ3) is 2.55. The number of carbonyl (C=O) groups excluding carboxylic acids is 1. The standard InChI is InChI=1S/C14H18N4O2/c1-10-15-13(17-18(10)3)16-12(19)14(2,20-4)11-8-6-5-7-9-11/h5-9H,1-4H3,(H,16,17,19)/t14-/m1/s1. The fourth-order valence-electron chi connectivity index (χ4n) is 1.83. The van der Waals surface area contributed by atoms with Gasteiger partial charge < -0.3 is 4.74 Å². The smallest absolute Gasteiger partial charge is 0.263 e. The third-order valence-electron chi connectivity index (χ3n) is 3.37. The molecule has 1 aromatic heterocycles. The lowest BCUT2D eigenvalue weighted by molar-refractivity contribution is -0.136. The molecule has 1 aromatic carbocycles. The second-order valence-corrected chi connectivity index (χ2v) is 4.66. The van der Waals surface area contributed by atoms with Crippen molar-refractivity contribution in [1.29, 1.82) is 0 Å². The Labute approximate surface area is 117 Å². The zero-order chi connectivity index (χ0) is 14.8. The molecule has 0 aliphatic carbocycles. The number of ether oxygens (including phenoxy) is 1. The highest BCUT2D eigenvalue weighted by atomic mass is 16.5. The Balaban J connectivity index is 2.25.